The van der Waals surface area contributed by atoms with E-state index in [0.29, 0.717) is 16.6 Å². The van der Waals surface area contributed by atoms with Gasteiger partial charge in [-0.1, -0.05) is 11.6 Å². The Balaban J connectivity index is 2.15. The van der Waals surface area contributed by atoms with Gasteiger partial charge in [-0.25, -0.2) is 3.11 Å². The molecule has 1 aliphatic rings. The van der Waals surface area contributed by atoms with Gasteiger partial charge in [-0.3, -0.25) is 4.79 Å². The third-order valence-corrected chi connectivity index (χ3v) is 4.86. The van der Waals surface area contributed by atoms with Gasteiger partial charge >= 0.3 is 0 Å². The number of hydrogen-bond acceptors (Lipinski definition) is 2. The molecule has 98 valence electrons. The topological polar surface area (TPSA) is 23.6 Å². The highest BCUT2D eigenvalue weighted by Gasteiger charge is 2.31. The second kappa shape index (κ2) is 5.75. The molecule has 18 heavy (non-hydrogen) atoms. The lowest BCUT2D eigenvalue weighted by atomic mass is 10.1. The van der Waals surface area contributed by atoms with Gasteiger partial charge in [-0.15, -0.1) is 0 Å². The summed E-state index contributed by atoms with van der Waals surface area (Å²) >= 11 is 8.17. The molecule has 0 bridgehead atoms. The Morgan fingerprint density at radius 3 is 2.44 bits per heavy atom. The lowest BCUT2D eigenvalue weighted by Crippen LogP contribution is -2.54. The zero-order valence-corrected chi connectivity index (χ0v) is 13.4. The summed E-state index contributed by atoms with van der Waals surface area (Å²) in [6, 6.07) is 7.73. The van der Waals surface area contributed by atoms with Crippen LogP contribution in [0.25, 0.3) is 0 Å². The van der Waals surface area contributed by atoms with Crippen molar-refractivity contribution < 1.29 is 4.79 Å². The lowest BCUT2D eigenvalue weighted by molar-refractivity contribution is 0.0545. The highest BCUT2D eigenvalue weighted by molar-refractivity contribution is 14.1. The van der Waals surface area contributed by atoms with Gasteiger partial charge in [0, 0.05) is 58.6 Å². The van der Waals surface area contributed by atoms with Gasteiger partial charge in [0.1, 0.15) is 0 Å². The highest BCUT2D eigenvalue weighted by Crippen LogP contribution is 2.21. The van der Waals surface area contributed by atoms with E-state index in [-0.39, 0.29) is 11.9 Å². The molecule has 3 nitrogen and oxygen atoms in total. The molecule has 2 rings (SSSR count). The number of carbonyl (C=O) groups is 1. The SMILES string of the molecule is C[C@@H]1CN(I)[C@@H](C)CN1C(=O)c1ccc(Cl)cc1. The Hall–Kier alpha value is -0.330. The van der Waals surface area contributed by atoms with Crippen molar-refractivity contribution in [1.82, 2.24) is 8.01 Å². The molecule has 0 saturated carbocycles. The van der Waals surface area contributed by atoms with Crippen LogP contribution in [-0.4, -0.2) is 39.1 Å². The Bertz CT molecular complexity index is 437. The molecule has 0 N–H and O–H groups in total. The summed E-state index contributed by atoms with van der Waals surface area (Å²) in [5.41, 5.74) is 0.709. The zero-order chi connectivity index (χ0) is 13.3. The van der Waals surface area contributed by atoms with Crippen molar-refractivity contribution in [1.29, 1.82) is 0 Å². The van der Waals surface area contributed by atoms with Crippen LogP contribution in [0, 0.1) is 0 Å². The smallest absolute Gasteiger partial charge is 0.254 e. The maximum absolute atomic E-state index is 12.4. The van der Waals surface area contributed by atoms with Crippen molar-refractivity contribution in [3.05, 3.63) is 34.9 Å². The fraction of sp³-hybridized carbons (Fsp3) is 0.462. The average molecular weight is 379 g/mol. The van der Waals surface area contributed by atoms with E-state index in [4.69, 9.17) is 11.6 Å². The van der Waals surface area contributed by atoms with Gasteiger partial charge in [-0.2, -0.15) is 0 Å². The summed E-state index contributed by atoms with van der Waals surface area (Å²) in [7, 11) is 0. The van der Waals surface area contributed by atoms with E-state index in [9.17, 15) is 4.79 Å². The summed E-state index contributed by atoms with van der Waals surface area (Å²) in [5.74, 6) is 0.0931. The summed E-state index contributed by atoms with van der Waals surface area (Å²) < 4.78 is 2.26. The molecule has 1 aromatic rings. The van der Waals surface area contributed by atoms with Crippen molar-refractivity contribution >= 4 is 40.4 Å². The fourth-order valence-electron chi connectivity index (χ4n) is 2.13. The normalized spacial score (nSPS) is 25.2. The van der Waals surface area contributed by atoms with Gasteiger partial charge in [0.15, 0.2) is 0 Å². The first-order valence-corrected chi connectivity index (χ1v) is 7.32. The minimum absolute atomic E-state index is 0.0931. The largest absolute Gasteiger partial charge is 0.333 e. The number of nitrogens with zero attached hydrogens (tertiary/aromatic N) is 2. The van der Waals surface area contributed by atoms with Gasteiger partial charge in [0.25, 0.3) is 5.91 Å². The Labute approximate surface area is 127 Å². The molecule has 1 aliphatic heterocycles. The third kappa shape index (κ3) is 2.97. The van der Waals surface area contributed by atoms with Gasteiger partial charge < -0.3 is 4.90 Å². The summed E-state index contributed by atoms with van der Waals surface area (Å²) in [5, 5.41) is 0.657. The second-order valence-electron chi connectivity index (χ2n) is 4.74. The second-order valence-corrected chi connectivity index (χ2v) is 6.42. The van der Waals surface area contributed by atoms with Gasteiger partial charge in [-0.05, 0) is 38.1 Å². The molecule has 1 amide bonds. The van der Waals surface area contributed by atoms with E-state index in [0.717, 1.165) is 13.1 Å². The molecule has 2 atom stereocenters. The van der Waals surface area contributed by atoms with Gasteiger partial charge in [0.05, 0.1) is 0 Å². The molecule has 5 heteroatoms. The van der Waals surface area contributed by atoms with E-state index in [1.54, 1.807) is 24.3 Å². The Morgan fingerprint density at radius 2 is 1.83 bits per heavy atom. The number of amides is 1. The summed E-state index contributed by atoms with van der Waals surface area (Å²) in [6.45, 7) is 5.90. The molecule has 0 radical (unpaired) electrons. The van der Waals surface area contributed by atoms with Crippen LogP contribution in [0.1, 0.15) is 24.2 Å². The Morgan fingerprint density at radius 1 is 1.22 bits per heavy atom. The molecule has 0 aromatic heterocycles. The predicted molar refractivity (Wildman–Crippen MR) is 82.1 cm³/mol. The number of piperazine rings is 1. The predicted octanol–water partition coefficient (Wildman–Crippen LogP) is 3.22. The monoisotopic (exact) mass is 378 g/mol. The van der Waals surface area contributed by atoms with Gasteiger partial charge in [0.2, 0.25) is 0 Å². The van der Waals surface area contributed by atoms with Crippen LogP contribution >= 0.6 is 34.5 Å². The number of carbonyl (C=O) groups excluding carboxylic acids is 1. The van der Waals surface area contributed by atoms with Crippen LogP contribution in [0.3, 0.4) is 0 Å². The van der Waals surface area contributed by atoms with Crippen molar-refractivity contribution in [2.75, 3.05) is 13.1 Å². The van der Waals surface area contributed by atoms with Crippen LogP contribution < -0.4 is 0 Å². The highest BCUT2D eigenvalue weighted by atomic mass is 127. The summed E-state index contributed by atoms with van der Waals surface area (Å²) in [4.78, 5) is 14.4. The molecule has 1 fully saturated rings. The van der Waals surface area contributed by atoms with Crippen molar-refractivity contribution in [2.24, 2.45) is 0 Å². The third-order valence-electron chi connectivity index (χ3n) is 3.26. The number of benzene rings is 1. The molecule has 0 aliphatic carbocycles. The van der Waals surface area contributed by atoms with Crippen LogP contribution in [0.4, 0.5) is 0 Å². The van der Waals surface area contributed by atoms with E-state index < -0.39 is 0 Å². The maximum Gasteiger partial charge on any atom is 0.254 e. The van der Waals surface area contributed by atoms with Crippen molar-refractivity contribution in [3.63, 3.8) is 0 Å². The maximum atomic E-state index is 12.4. The molecule has 1 saturated heterocycles. The van der Waals surface area contributed by atoms with Crippen molar-refractivity contribution in [3.8, 4) is 0 Å². The van der Waals surface area contributed by atoms with E-state index in [1.165, 1.54) is 0 Å². The first kappa shape index (κ1) is 14.1. The Kier molecular flexibility index (Phi) is 4.50. The molecule has 1 aromatic carbocycles. The average Bonchev–Trinajstić information content (AvgIpc) is 2.34. The molecule has 0 spiro atoms. The first-order valence-electron chi connectivity index (χ1n) is 5.98. The summed E-state index contributed by atoms with van der Waals surface area (Å²) in [6.07, 6.45) is 0. The van der Waals surface area contributed by atoms with Crippen LogP contribution in [0.5, 0.6) is 0 Å². The standard InChI is InChI=1S/C13H16ClIN2O/c1-9-8-17(15)10(2)7-16(9)13(18)11-3-5-12(14)6-4-11/h3-6,9-10H,7-8H2,1-2H3/t9-,10+/m1/s1. The van der Waals surface area contributed by atoms with Crippen LogP contribution in [0.2, 0.25) is 5.02 Å². The van der Waals surface area contributed by atoms with E-state index >= 15 is 0 Å². The molecule has 1 heterocycles. The van der Waals surface area contributed by atoms with Crippen molar-refractivity contribution in [2.45, 2.75) is 25.9 Å². The van der Waals surface area contributed by atoms with E-state index in [2.05, 4.69) is 39.8 Å². The van der Waals surface area contributed by atoms with E-state index in [1.807, 2.05) is 4.90 Å². The zero-order valence-electron chi connectivity index (χ0n) is 10.4. The van der Waals surface area contributed by atoms with Crippen LogP contribution in [0.15, 0.2) is 24.3 Å². The minimum atomic E-state index is 0.0931. The lowest BCUT2D eigenvalue weighted by Gasteiger charge is -2.41. The number of hydrogen-bond donors (Lipinski definition) is 0. The first-order chi connectivity index (χ1) is 8.49. The minimum Gasteiger partial charge on any atom is -0.333 e. The fourth-order valence-corrected chi connectivity index (χ4v) is 3.00. The molecular weight excluding hydrogens is 363 g/mol. The van der Waals surface area contributed by atoms with Crippen LogP contribution in [-0.2, 0) is 0 Å². The molecule has 0 unspecified atom stereocenters. The number of halogens is 2. The number of rotatable bonds is 1. The molecular formula is C13H16ClIN2O. The quantitative estimate of drug-likeness (QED) is 0.553.